The first-order valence-corrected chi connectivity index (χ1v) is 8.10. The summed E-state index contributed by atoms with van der Waals surface area (Å²) in [4.78, 5) is 20.7. The van der Waals surface area contributed by atoms with E-state index < -0.39 is 0 Å². The molecule has 0 atom stereocenters. The van der Waals surface area contributed by atoms with Crippen LogP contribution in [0.2, 0.25) is 0 Å². The summed E-state index contributed by atoms with van der Waals surface area (Å²) in [5, 5.41) is 3.83. The van der Waals surface area contributed by atoms with Gasteiger partial charge in [-0.25, -0.2) is 9.78 Å². The van der Waals surface area contributed by atoms with E-state index in [2.05, 4.69) is 19.6 Å². The molecule has 0 saturated carbocycles. The van der Waals surface area contributed by atoms with Crippen molar-refractivity contribution >= 4 is 22.7 Å². The SMILES string of the molecule is Cc1nsc(N2CCCN(C(=O)NCc3ccco3)CC2)n1. The molecule has 3 rings (SSSR count). The van der Waals surface area contributed by atoms with E-state index in [4.69, 9.17) is 4.42 Å². The highest BCUT2D eigenvalue weighted by Gasteiger charge is 2.20. The maximum Gasteiger partial charge on any atom is 0.317 e. The molecular weight excluding hydrogens is 302 g/mol. The van der Waals surface area contributed by atoms with Gasteiger partial charge in [0.1, 0.15) is 11.6 Å². The van der Waals surface area contributed by atoms with Crippen LogP contribution in [-0.4, -0.2) is 46.5 Å². The van der Waals surface area contributed by atoms with E-state index in [1.165, 1.54) is 11.5 Å². The summed E-state index contributed by atoms with van der Waals surface area (Å²) in [6, 6.07) is 3.61. The van der Waals surface area contributed by atoms with Crippen LogP contribution in [0.1, 0.15) is 18.0 Å². The Morgan fingerprint density at radius 1 is 1.41 bits per heavy atom. The monoisotopic (exact) mass is 321 g/mol. The van der Waals surface area contributed by atoms with Gasteiger partial charge in [-0.05, 0) is 25.5 Å². The number of rotatable bonds is 3. The Kier molecular flexibility index (Phi) is 4.57. The van der Waals surface area contributed by atoms with Crippen LogP contribution >= 0.6 is 11.5 Å². The third-order valence-corrected chi connectivity index (χ3v) is 4.43. The lowest BCUT2D eigenvalue weighted by atomic mass is 10.4. The summed E-state index contributed by atoms with van der Waals surface area (Å²) in [6.07, 6.45) is 2.53. The number of amides is 2. The fraction of sp³-hybridized carbons (Fsp3) is 0.500. The Morgan fingerprint density at radius 2 is 2.32 bits per heavy atom. The number of aromatic nitrogens is 2. The number of carbonyl (C=O) groups is 1. The van der Waals surface area contributed by atoms with Crippen molar-refractivity contribution in [2.75, 3.05) is 31.1 Å². The van der Waals surface area contributed by atoms with Crippen molar-refractivity contribution in [1.29, 1.82) is 0 Å². The minimum absolute atomic E-state index is 0.0494. The second-order valence-corrected chi connectivity index (χ2v) is 5.92. The highest BCUT2D eigenvalue weighted by atomic mass is 32.1. The zero-order valence-electron chi connectivity index (χ0n) is 12.5. The number of furan rings is 1. The smallest absolute Gasteiger partial charge is 0.317 e. The van der Waals surface area contributed by atoms with Crippen LogP contribution in [0.4, 0.5) is 9.93 Å². The summed E-state index contributed by atoms with van der Waals surface area (Å²) in [6.45, 7) is 5.42. The van der Waals surface area contributed by atoms with Crippen molar-refractivity contribution in [1.82, 2.24) is 19.6 Å². The minimum Gasteiger partial charge on any atom is -0.467 e. The molecule has 7 nitrogen and oxygen atoms in total. The van der Waals surface area contributed by atoms with Gasteiger partial charge in [0, 0.05) is 37.7 Å². The third kappa shape index (κ3) is 3.56. The molecule has 0 aliphatic carbocycles. The van der Waals surface area contributed by atoms with Crippen molar-refractivity contribution in [3.63, 3.8) is 0 Å². The number of aryl methyl sites for hydroxylation is 1. The van der Waals surface area contributed by atoms with E-state index in [-0.39, 0.29) is 6.03 Å². The second kappa shape index (κ2) is 6.78. The number of nitrogens with one attached hydrogen (secondary N) is 1. The molecule has 1 aliphatic heterocycles. The van der Waals surface area contributed by atoms with E-state index in [1.54, 1.807) is 6.26 Å². The van der Waals surface area contributed by atoms with Gasteiger partial charge in [0.25, 0.3) is 0 Å². The van der Waals surface area contributed by atoms with Gasteiger partial charge in [0.2, 0.25) is 5.13 Å². The molecular formula is C14H19N5O2S. The van der Waals surface area contributed by atoms with Gasteiger partial charge in [-0.3, -0.25) is 0 Å². The van der Waals surface area contributed by atoms with E-state index in [0.29, 0.717) is 13.1 Å². The first-order chi connectivity index (χ1) is 10.7. The van der Waals surface area contributed by atoms with Gasteiger partial charge < -0.3 is 19.5 Å². The van der Waals surface area contributed by atoms with Crippen molar-refractivity contribution in [2.24, 2.45) is 0 Å². The molecule has 3 heterocycles. The molecule has 2 aromatic rings. The number of nitrogens with zero attached hydrogens (tertiary/aromatic N) is 4. The standard InChI is InChI=1S/C14H19N5O2S/c1-11-16-14(22-17-11)19-6-3-5-18(7-8-19)13(20)15-10-12-4-2-9-21-12/h2,4,9H,3,5-8,10H2,1H3,(H,15,20). The van der Waals surface area contributed by atoms with Gasteiger partial charge in [-0.1, -0.05) is 0 Å². The zero-order chi connectivity index (χ0) is 15.4. The second-order valence-electron chi connectivity index (χ2n) is 5.19. The summed E-state index contributed by atoms with van der Waals surface area (Å²) in [5.74, 6) is 1.56. The van der Waals surface area contributed by atoms with Gasteiger partial charge in [-0.15, -0.1) is 0 Å². The van der Waals surface area contributed by atoms with Crippen molar-refractivity contribution in [3.05, 3.63) is 30.0 Å². The number of hydrogen-bond donors (Lipinski definition) is 1. The predicted molar refractivity (Wildman–Crippen MR) is 84.0 cm³/mol. The lowest BCUT2D eigenvalue weighted by Crippen LogP contribution is -2.41. The summed E-state index contributed by atoms with van der Waals surface area (Å²) >= 11 is 1.42. The van der Waals surface area contributed by atoms with E-state index in [1.807, 2.05) is 24.0 Å². The van der Waals surface area contributed by atoms with E-state index >= 15 is 0 Å². The molecule has 0 unspecified atom stereocenters. The topological polar surface area (TPSA) is 74.5 Å². The molecule has 2 amide bonds. The summed E-state index contributed by atoms with van der Waals surface area (Å²) in [5.41, 5.74) is 0. The largest absolute Gasteiger partial charge is 0.467 e. The molecule has 22 heavy (non-hydrogen) atoms. The maximum absolute atomic E-state index is 12.2. The Bertz CT molecular complexity index is 613. The van der Waals surface area contributed by atoms with Gasteiger partial charge in [0.05, 0.1) is 12.8 Å². The van der Waals surface area contributed by atoms with Crippen LogP contribution in [0.5, 0.6) is 0 Å². The van der Waals surface area contributed by atoms with Crippen LogP contribution in [0.25, 0.3) is 0 Å². The fourth-order valence-electron chi connectivity index (χ4n) is 2.41. The van der Waals surface area contributed by atoms with Crippen molar-refractivity contribution in [2.45, 2.75) is 19.9 Å². The molecule has 8 heteroatoms. The molecule has 118 valence electrons. The molecule has 0 bridgehead atoms. The quantitative estimate of drug-likeness (QED) is 0.934. The van der Waals surface area contributed by atoms with Crippen LogP contribution in [0.3, 0.4) is 0 Å². The van der Waals surface area contributed by atoms with Crippen LogP contribution in [0.15, 0.2) is 22.8 Å². The molecule has 0 aromatic carbocycles. The first kappa shape index (κ1) is 14.8. The average Bonchev–Trinajstić information content (AvgIpc) is 3.11. The number of carbonyl (C=O) groups excluding carboxylic acids is 1. The van der Waals surface area contributed by atoms with Gasteiger partial charge >= 0.3 is 6.03 Å². The molecule has 1 aliphatic rings. The Balaban J connectivity index is 1.52. The highest BCUT2D eigenvalue weighted by Crippen LogP contribution is 2.18. The maximum atomic E-state index is 12.2. The molecule has 1 saturated heterocycles. The highest BCUT2D eigenvalue weighted by molar-refractivity contribution is 7.09. The normalized spacial score (nSPS) is 15.7. The lowest BCUT2D eigenvalue weighted by Gasteiger charge is -2.21. The molecule has 1 N–H and O–H groups in total. The van der Waals surface area contributed by atoms with Crippen LogP contribution < -0.4 is 10.2 Å². The number of urea groups is 1. The Hall–Kier alpha value is -2.09. The Labute approximate surface area is 133 Å². The number of anilines is 1. The van der Waals surface area contributed by atoms with E-state index in [9.17, 15) is 4.79 Å². The fourth-order valence-corrected chi connectivity index (χ4v) is 3.14. The average molecular weight is 321 g/mol. The van der Waals surface area contributed by atoms with Gasteiger partial charge in [0.15, 0.2) is 0 Å². The van der Waals surface area contributed by atoms with Gasteiger partial charge in [-0.2, -0.15) is 4.37 Å². The third-order valence-electron chi connectivity index (χ3n) is 3.56. The summed E-state index contributed by atoms with van der Waals surface area (Å²) in [7, 11) is 0. The Morgan fingerprint density at radius 3 is 3.05 bits per heavy atom. The molecule has 1 fully saturated rings. The first-order valence-electron chi connectivity index (χ1n) is 7.33. The molecule has 0 spiro atoms. The van der Waals surface area contributed by atoms with E-state index in [0.717, 1.165) is 42.8 Å². The lowest BCUT2D eigenvalue weighted by molar-refractivity contribution is 0.200. The predicted octanol–water partition coefficient (Wildman–Crippen LogP) is 1.86. The van der Waals surface area contributed by atoms with Crippen molar-refractivity contribution in [3.8, 4) is 0 Å². The molecule has 0 radical (unpaired) electrons. The number of hydrogen-bond acceptors (Lipinski definition) is 6. The van der Waals surface area contributed by atoms with Crippen molar-refractivity contribution < 1.29 is 9.21 Å². The summed E-state index contributed by atoms with van der Waals surface area (Å²) < 4.78 is 9.44. The van der Waals surface area contributed by atoms with Crippen LogP contribution in [-0.2, 0) is 6.54 Å². The molecule has 2 aromatic heterocycles. The zero-order valence-corrected chi connectivity index (χ0v) is 13.3. The van der Waals surface area contributed by atoms with Crippen LogP contribution in [0, 0.1) is 6.92 Å². The minimum atomic E-state index is -0.0494.